The van der Waals surface area contributed by atoms with E-state index in [0.717, 1.165) is 11.3 Å². The molecule has 4 atom stereocenters. The van der Waals surface area contributed by atoms with E-state index in [0.29, 0.717) is 34.8 Å². The molecular weight excluding hydrogens is 448 g/mol. The molecule has 1 N–H and O–H groups in total. The van der Waals surface area contributed by atoms with Crippen molar-refractivity contribution in [3.8, 4) is 0 Å². The van der Waals surface area contributed by atoms with Crippen molar-refractivity contribution in [1.29, 1.82) is 0 Å². The summed E-state index contributed by atoms with van der Waals surface area (Å²) < 4.78 is 0. The Morgan fingerprint density at radius 1 is 1.15 bits per heavy atom. The van der Waals surface area contributed by atoms with Crippen molar-refractivity contribution in [2.24, 2.45) is 11.8 Å². The third-order valence-corrected chi connectivity index (χ3v) is 7.84. The van der Waals surface area contributed by atoms with Crippen LogP contribution in [0.5, 0.6) is 0 Å². The van der Waals surface area contributed by atoms with E-state index in [9.17, 15) is 24.5 Å². The molecule has 3 amide bonds. The van der Waals surface area contributed by atoms with E-state index in [-0.39, 0.29) is 23.3 Å². The number of nitro benzene ring substituents is 1. The van der Waals surface area contributed by atoms with Crippen molar-refractivity contribution in [3.63, 3.8) is 0 Å². The topological polar surface area (TPSA) is 113 Å². The zero-order valence-electron chi connectivity index (χ0n) is 17.6. The number of halogens is 1. The van der Waals surface area contributed by atoms with Crippen LogP contribution in [0.1, 0.15) is 24.0 Å². The monoisotopic (exact) mass is 466 g/mol. The summed E-state index contributed by atoms with van der Waals surface area (Å²) in [6.45, 7) is 2.19. The Kier molecular flexibility index (Phi) is 4.07. The smallest absolute Gasteiger partial charge is 0.274 e. The SMILES string of the molecule is Cc1ccc(N2C(=O)[C@@H]3[C@@H]4CCCN4[C@]4(C(=O)Nc5ccc(Cl)cc54)[C@H]3C2=O)cc1[N+](=O)[O-]. The van der Waals surface area contributed by atoms with Crippen molar-refractivity contribution in [3.05, 3.63) is 62.7 Å². The fourth-order valence-corrected chi connectivity index (χ4v) is 6.54. The van der Waals surface area contributed by atoms with Crippen molar-refractivity contribution in [2.45, 2.75) is 31.3 Å². The molecule has 3 fully saturated rings. The lowest BCUT2D eigenvalue weighted by molar-refractivity contribution is -0.385. The van der Waals surface area contributed by atoms with Gasteiger partial charge in [0.1, 0.15) is 5.54 Å². The first-order valence-corrected chi connectivity index (χ1v) is 11.2. The molecule has 0 aromatic heterocycles. The molecule has 4 aliphatic heterocycles. The maximum absolute atomic E-state index is 13.9. The van der Waals surface area contributed by atoms with E-state index in [1.54, 1.807) is 25.1 Å². The summed E-state index contributed by atoms with van der Waals surface area (Å²) in [5.41, 5.74) is 0.279. The van der Waals surface area contributed by atoms with Gasteiger partial charge in [-0.1, -0.05) is 17.7 Å². The number of hydrogen-bond acceptors (Lipinski definition) is 6. The Morgan fingerprint density at radius 3 is 2.70 bits per heavy atom. The Bertz CT molecular complexity index is 1300. The highest BCUT2D eigenvalue weighted by atomic mass is 35.5. The predicted octanol–water partition coefficient (Wildman–Crippen LogP) is 2.99. The number of benzene rings is 2. The molecule has 9 nitrogen and oxygen atoms in total. The van der Waals surface area contributed by atoms with Crippen molar-refractivity contribution >= 4 is 46.4 Å². The average Bonchev–Trinajstić information content (AvgIpc) is 3.47. The van der Waals surface area contributed by atoms with E-state index in [1.807, 2.05) is 4.90 Å². The normalized spacial score (nSPS) is 30.1. The summed E-state index contributed by atoms with van der Waals surface area (Å²) in [5.74, 6) is -2.91. The molecule has 3 saturated heterocycles. The molecule has 1 spiro atoms. The van der Waals surface area contributed by atoms with Crippen molar-refractivity contribution < 1.29 is 19.3 Å². The summed E-state index contributed by atoms with van der Waals surface area (Å²) >= 11 is 6.29. The number of anilines is 2. The van der Waals surface area contributed by atoms with E-state index < -0.39 is 34.1 Å². The van der Waals surface area contributed by atoms with Gasteiger partial charge in [-0.3, -0.25) is 29.4 Å². The molecule has 4 aliphatic rings. The van der Waals surface area contributed by atoms with Crippen molar-refractivity contribution in [2.75, 3.05) is 16.8 Å². The molecule has 6 rings (SSSR count). The molecule has 4 heterocycles. The second kappa shape index (κ2) is 6.61. The largest absolute Gasteiger partial charge is 0.324 e. The third kappa shape index (κ3) is 2.38. The summed E-state index contributed by atoms with van der Waals surface area (Å²) in [5, 5.41) is 14.8. The zero-order valence-corrected chi connectivity index (χ0v) is 18.3. The van der Waals surface area contributed by atoms with Gasteiger partial charge in [0.2, 0.25) is 17.7 Å². The first kappa shape index (κ1) is 20.3. The summed E-state index contributed by atoms with van der Waals surface area (Å²) in [7, 11) is 0. The summed E-state index contributed by atoms with van der Waals surface area (Å²) in [6, 6.07) is 9.13. The van der Waals surface area contributed by atoms with Crippen molar-refractivity contribution in [1.82, 2.24) is 4.90 Å². The van der Waals surface area contributed by atoms with E-state index in [2.05, 4.69) is 5.32 Å². The van der Waals surface area contributed by atoms with Gasteiger partial charge in [0, 0.05) is 33.9 Å². The van der Waals surface area contributed by atoms with Gasteiger partial charge < -0.3 is 5.32 Å². The minimum Gasteiger partial charge on any atom is -0.324 e. The van der Waals surface area contributed by atoms with Gasteiger partial charge in [-0.2, -0.15) is 0 Å². The van der Waals surface area contributed by atoms with Gasteiger partial charge in [0.05, 0.1) is 22.4 Å². The first-order chi connectivity index (χ1) is 15.8. The van der Waals surface area contributed by atoms with Crippen LogP contribution in [0.25, 0.3) is 0 Å². The Balaban J connectivity index is 1.54. The number of aryl methyl sites for hydroxylation is 1. The molecule has 10 heteroatoms. The van der Waals surface area contributed by atoms with Gasteiger partial charge >= 0.3 is 0 Å². The van der Waals surface area contributed by atoms with Gasteiger partial charge in [-0.15, -0.1) is 0 Å². The number of nitrogens with zero attached hydrogens (tertiary/aromatic N) is 3. The van der Waals surface area contributed by atoms with E-state index in [4.69, 9.17) is 11.6 Å². The molecule has 168 valence electrons. The molecule has 2 aromatic carbocycles. The number of nitro groups is 1. The van der Waals surface area contributed by atoms with Crippen LogP contribution in [0.2, 0.25) is 5.02 Å². The second-order valence-electron chi connectivity index (χ2n) is 9.06. The predicted molar refractivity (Wildman–Crippen MR) is 119 cm³/mol. The fourth-order valence-electron chi connectivity index (χ4n) is 6.36. The molecule has 33 heavy (non-hydrogen) atoms. The minimum absolute atomic E-state index is 0.154. The molecule has 0 saturated carbocycles. The number of imide groups is 1. The fraction of sp³-hybridized carbons (Fsp3) is 0.348. The quantitative estimate of drug-likeness (QED) is 0.413. The number of hydrogen-bond donors (Lipinski definition) is 1. The Morgan fingerprint density at radius 2 is 1.94 bits per heavy atom. The van der Waals surface area contributed by atoms with E-state index in [1.165, 1.54) is 18.2 Å². The lowest BCUT2D eigenvalue weighted by atomic mass is 9.75. The number of nitrogens with one attached hydrogen (secondary N) is 1. The Hall–Kier alpha value is -3.30. The maximum atomic E-state index is 13.9. The van der Waals surface area contributed by atoms with Crippen LogP contribution in [0.3, 0.4) is 0 Å². The van der Waals surface area contributed by atoms with Crippen LogP contribution < -0.4 is 10.2 Å². The molecule has 0 radical (unpaired) electrons. The van der Waals surface area contributed by atoms with Crippen LogP contribution >= 0.6 is 11.6 Å². The van der Waals surface area contributed by atoms with E-state index >= 15 is 0 Å². The standard InChI is InChI=1S/C23H19ClN4O5/c1-11-4-6-13(10-17(11)28(32)33)27-20(29)18-16-3-2-8-26(16)23(19(18)21(27)30)14-9-12(24)5-7-15(14)25-22(23)31/h4-7,9-10,16,18-19H,2-3,8H2,1H3,(H,25,31)/t16-,18+,19+,23-/m0/s1. The highest BCUT2D eigenvalue weighted by Crippen LogP contribution is 2.61. The van der Waals surface area contributed by atoms with Crippen LogP contribution in [-0.2, 0) is 19.9 Å². The average molecular weight is 467 g/mol. The summed E-state index contributed by atoms with van der Waals surface area (Å²) in [6.07, 6.45) is 1.49. The van der Waals surface area contributed by atoms with Gasteiger partial charge in [-0.25, -0.2) is 4.90 Å². The Labute approximate surface area is 193 Å². The maximum Gasteiger partial charge on any atom is 0.274 e. The number of fused-ring (bicyclic) bond motifs is 7. The van der Waals surface area contributed by atoms with Crippen LogP contribution in [-0.4, -0.2) is 40.1 Å². The molecule has 2 aromatic rings. The highest BCUT2D eigenvalue weighted by Gasteiger charge is 2.74. The number of rotatable bonds is 2. The highest BCUT2D eigenvalue weighted by molar-refractivity contribution is 6.31. The minimum atomic E-state index is -1.33. The van der Waals surface area contributed by atoms with Crippen LogP contribution in [0, 0.1) is 28.9 Å². The van der Waals surface area contributed by atoms with Gasteiger partial charge in [0.25, 0.3) is 5.69 Å². The number of carbonyl (C=O) groups excluding carboxylic acids is 3. The molecule has 0 bridgehead atoms. The van der Waals surface area contributed by atoms with Crippen LogP contribution in [0.4, 0.5) is 17.1 Å². The molecule has 0 unspecified atom stereocenters. The zero-order chi connectivity index (χ0) is 23.2. The lowest BCUT2D eigenvalue weighted by Gasteiger charge is -2.36. The number of carbonyl (C=O) groups is 3. The lowest BCUT2D eigenvalue weighted by Crippen LogP contribution is -2.54. The van der Waals surface area contributed by atoms with Gasteiger partial charge in [0.15, 0.2) is 0 Å². The van der Waals surface area contributed by atoms with Gasteiger partial charge in [-0.05, 0) is 50.6 Å². The third-order valence-electron chi connectivity index (χ3n) is 7.60. The second-order valence-corrected chi connectivity index (χ2v) is 9.49. The molecule has 0 aliphatic carbocycles. The first-order valence-electron chi connectivity index (χ1n) is 10.8. The number of amides is 3. The summed E-state index contributed by atoms with van der Waals surface area (Å²) in [4.78, 5) is 55.1. The van der Waals surface area contributed by atoms with Crippen LogP contribution in [0.15, 0.2) is 36.4 Å². The molecular formula is C23H19ClN4O5.